The Morgan fingerprint density at radius 1 is 0.871 bits per heavy atom. The van der Waals surface area contributed by atoms with Gasteiger partial charge < -0.3 is 4.90 Å². The van der Waals surface area contributed by atoms with E-state index in [-0.39, 0.29) is 11.8 Å². The predicted molar refractivity (Wildman–Crippen MR) is 126 cm³/mol. The molecule has 3 aromatic carbocycles. The Morgan fingerprint density at radius 3 is 2.16 bits per heavy atom. The smallest absolute Gasteiger partial charge is 0.282 e. The number of benzene rings is 3. The van der Waals surface area contributed by atoms with Crippen LogP contribution in [0.3, 0.4) is 0 Å². The van der Waals surface area contributed by atoms with Crippen molar-refractivity contribution in [3.8, 4) is 0 Å². The molecule has 0 spiro atoms. The number of carbonyl (C=O) groups is 2. The van der Waals surface area contributed by atoms with Crippen molar-refractivity contribution < 1.29 is 9.59 Å². The molecule has 1 aliphatic heterocycles. The number of imide groups is 1. The molecular formula is C26H23ClN2O2. The summed E-state index contributed by atoms with van der Waals surface area (Å²) >= 11 is 6.08. The van der Waals surface area contributed by atoms with E-state index in [9.17, 15) is 9.59 Å². The summed E-state index contributed by atoms with van der Waals surface area (Å²) in [5.41, 5.74) is 4.83. The van der Waals surface area contributed by atoms with Crippen LogP contribution < -0.4 is 9.80 Å². The minimum absolute atomic E-state index is 0.326. The van der Waals surface area contributed by atoms with E-state index in [1.54, 1.807) is 24.3 Å². The number of para-hydroxylation sites is 1. The van der Waals surface area contributed by atoms with Crippen molar-refractivity contribution in [1.82, 2.24) is 0 Å². The number of carbonyl (C=O) groups excluding carboxylic acids is 2. The van der Waals surface area contributed by atoms with E-state index < -0.39 is 0 Å². The van der Waals surface area contributed by atoms with Crippen LogP contribution in [0.2, 0.25) is 5.02 Å². The van der Waals surface area contributed by atoms with Crippen molar-refractivity contribution >= 4 is 40.4 Å². The Bertz CT molecular complexity index is 1180. The Hall–Kier alpha value is -3.37. The molecular weight excluding hydrogens is 408 g/mol. The number of hydrogen-bond acceptors (Lipinski definition) is 3. The molecule has 0 radical (unpaired) electrons. The van der Waals surface area contributed by atoms with Gasteiger partial charge in [-0.2, -0.15) is 0 Å². The Morgan fingerprint density at radius 2 is 1.55 bits per heavy atom. The maximum absolute atomic E-state index is 13.8. The Labute approximate surface area is 187 Å². The topological polar surface area (TPSA) is 40.6 Å². The molecule has 0 aliphatic carbocycles. The molecule has 156 valence electrons. The van der Waals surface area contributed by atoms with Crippen LogP contribution in [0.25, 0.3) is 5.57 Å². The standard InChI is InChI=1S/C26H23ClN2O2/c1-4-28(21-8-6-5-7-9-21)24-23(19-11-13-20(27)14-12-19)25(30)29(26(24)31)22-15-10-17(2)16-18(22)3/h5-16H,4H2,1-3H3. The zero-order valence-corrected chi connectivity index (χ0v) is 18.5. The fraction of sp³-hybridized carbons (Fsp3) is 0.154. The number of amides is 2. The lowest BCUT2D eigenvalue weighted by Gasteiger charge is -2.25. The number of halogens is 1. The van der Waals surface area contributed by atoms with Crippen LogP contribution in [0, 0.1) is 13.8 Å². The van der Waals surface area contributed by atoms with Gasteiger partial charge in [0.1, 0.15) is 5.70 Å². The van der Waals surface area contributed by atoms with Crippen molar-refractivity contribution in [2.75, 3.05) is 16.3 Å². The minimum atomic E-state index is -0.330. The first-order chi connectivity index (χ1) is 14.9. The maximum Gasteiger partial charge on any atom is 0.282 e. The molecule has 3 aromatic rings. The van der Waals surface area contributed by atoms with Crippen LogP contribution in [0.15, 0.2) is 78.5 Å². The van der Waals surface area contributed by atoms with Crippen molar-refractivity contribution in [3.63, 3.8) is 0 Å². The van der Waals surface area contributed by atoms with Crippen molar-refractivity contribution in [2.45, 2.75) is 20.8 Å². The molecule has 31 heavy (non-hydrogen) atoms. The lowest BCUT2D eigenvalue weighted by Crippen LogP contribution is -2.35. The third-order valence-corrected chi connectivity index (χ3v) is 5.69. The lowest BCUT2D eigenvalue weighted by atomic mass is 10.0. The van der Waals surface area contributed by atoms with Gasteiger partial charge in [0.2, 0.25) is 0 Å². The fourth-order valence-electron chi connectivity index (χ4n) is 4.00. The summed E-state index contributed by atoms with van der Waals surface area (Å²) in [6.07, 6.45) is 0. The summed E-state index contributed by atoms with van der Waals surface area (Å²) < 4.78 is 0. The van der Waals surface area contributed by atoms with E-state index in [0.29, 0.717) is 34.1 Å². The number of rotatable bonds is 5. The second-order valence-electron chi connectivity index (χ2n) is 7.55. The van der Waals surface area contributed by atoms with Gasteiger partial charge in [0.15, 0.2) is 0 Å². The summed E-state index contributed by atoms with van der Waals surface area (Å²) in [5, 5.41) is 0.573. The first-order valence-corrected chi connectivity index (χ1v) is 10.6. The molecule has 4 nitrogen and oxygen atoms in total. The molecule has 1 heterocycles. The summed E-state index contributed by atoms with van der Waals surface area (Å²) in [5.74, 6) is -0.656. The summed E-state index contributed by atoms with van der Waals surface area (Å²) in [6, 6.07) is 22.4. The zero-order valence-electron chi connectivity index (χ0n) is 17.7. The van der Waals surface area contributed by atoms with Gasteiger partial charge in [0.05, 0.1) is 11.3 Å². The van der Waals surface area contributed by atoms with E-state index in [2.05, 4.69) is 0 Å². The molecule has 2 amide bonds. The van der Waals surface area contributed by atoms with Gasteiger partial charge in [-0.05, 0) is 62.2 Å². The normalized spacial score (nSPS) is 13.9. The molecule has 0 aromatic heterocycles. The molecule has 0 saturated heterocycles. The van der Waals surface area contributed by atoms with Crippen LogP contribution in [0.1, 0.15) is 23.6 Å². The summed E-state index contributed by atoms with van der Waals surface area (Å²) in [6.45, 7) is 6.41. The predicted octanol–water partition coefficient (Wildman–Crippen LogP) is 5.77. The highest BCUT2D eigenvalue weighted by atomic mass is 35.5. The number of hydrogen-bond donors (Lipinski definition) is 0. The number of aryl methyl sites for hydroxylation is 2. The van der Waals surface area contributed by atoms with E-state index in [4.69, 9.17) is 11.6 Å². The molecule has 0 N–H and O–H groups in total. The van der Waals surface area contributed by atoms with E-state index in [1.807, 2.05) is 74.2 Å². The third kappa shape index (κ3) is 3.75. The SMILES string of the molecule is CCN(C1=C(c2ccc(Cl)cc2)C(=O)N(c2ccc(C)cc2C)C1=O)c1ccccc1. The highest BCUT2D eigenvalue weighted by molar-refractivity contribution is 6.46. The molecule has 0 atom stereocenters. The van der Waals surface area contributed by atoms with E-state index >= 15 is 0 Å². The molecule has 0 unspecified atom stereocenters. The summed E-state index contributed by atoms with van der Waals surface area (Å²) in [7, 11) is 0. The van der Waals surface area contributed by atoms with Gasteiger partial charge in [0, 0.05) is 17.3 Å². The van der Waals surface area contributed by atoms with Crippen molar-refractivity contribution in [2.24, 2.45) is 0 Å². The van der Waals surface area contributed by atoms with Crippen LogP contribution >= 0.6 is 11.6 Å². The van der Waals surface area contributed by atoms with Gasteiger partial charge in [-0.15, -0.1) is 0 Å². The number of anilines is 2. The van der Waals surface area contributed by atoms with Gasteiger partial charge in [0.25, 0.3) is 11.8 Å². The van der Waals surface area contributed by atoms with Crippen LogP contribution in [-0.4, -0.2) is 18.4 Å². The van der Waals surface area contributed by atoms with Gasteiger partial charge >= 0.3 is 0 Å². The second-order valence-corrected chi connectivity index (χ2v) is 7.98. The molecule has 0 fully saturated rings. The monoisotopic (exact) mass is 430 g/mol. The van der Waals surface area contributed by atoms with Gasteiger partial charge in [-0.25, -0.2) is 4.90 Å². The van der Waals surface area contributed by atoms with E-state index in [0.717, 1.165) is 16.8 Å². The first kappa shape index (κ1) is 20.9. The van der Waals surface area contributed by atoms with Crippen molar-refractivity contribution in [1.29, 1.82) is 0 Å². The molecule has 1 aliphatic rings. The highest BCUT2D eigenvalue weighted by Gasteiger charge is 2.43. The van der Waals surface area contributed by atoms with Gasteiger partial charge in [-0.1, -0.05) is 59.6 Å². The Balaban J connectivity index is 1.92. The average molecular weight is 431 g/mol. The van der Waals surface area contributed by atoms with Gasteiger partial charge in [-0.3, -0.25) is 9.59 Å². The van der Waals surface area contributed by atoms with E-state index in [1.165, 1.54) is 4.90 Å². The third-order valence-electron chi connectivity index (χ3n) is 5.44. The highest BCUT2D eigenvalue weighted by Crippen LogP contribution is 2.38. The molecule has 0 saturated carbocycles. The summed E-state index contributed by atoms with van der Waals surface area (Å²) in [4.78, 5) is 30.6. The quantitative estimate of drug-likeness (QED) is 0.482. The Kier molecular flexibility index (Phi) is 5.66. The zero-order chi connectivity index (χ0) is 22.1. The minimum Gasteiger partial charge on any atom is -0.337 e. The van der Waals surface area contributed by atoms with Crippen molar-refractivity contribution in [3.05, 3.63) is 100 Å². The molecule has 4 rings (SSSR count). The largest absolute Gasteiger partial charge is 0.337 e. The second kappa shape index (κ2) is 8.40. The van der Waals surface area contributed by atoms with Crippen LogP contribution in [0.5, 0.6) is 0 Å². The maximum atomic E-state index is 13.8. The molecule has 0 bridgehead atoms. The van der Waals surface area contributed by atoms with Crippen LogP contribution in [-0.2, 0) is 9.59 Å². The van der Waals surface area contributed by atoms with Crippen LogP contribution in [0.4, 0.5) is 11.4 Å². The average Bonchev–Trinajstić information content (AvgIpc) is 3.01. The fourth-order valence-corrected chi connectivity index (χ4v) is 4.12. The lowest BCUT2D eigenvalue weighted by molar-refractivity contribution is -0.120. The molecule has 5 heteroatoms. The number of nitrogens with zero attached hydrogens (tertiary/aromatic N) is 2. The first-order valence-electron chi connectivity index (χ1n) is 10.2. The number of likely N-dealkylation sites (N-methyl/N-ethyl adjacent to an activating group) is 1.